The van der Waals surface area contributed by atoms with Gasteiger partial charge in [-0.3, -0.25) is 4.98 Å². The number of hydrogen-bond acceptors (Lipinski definition) is 4. The van der Waals surface area contributed by atoms with Gasteiger partial charge in [-0.2, -0.15) is 0 Å². The smallest absolute Gasteiger partial charge is 0.0522 e. The molecule has 0 bridgehead atoms. The molecule has 1 saturated carbocycles. The molecule has 3 nitrogen and oxygen atoms in total. The number of pyridine rings is 1. The molecule has 1 aliphatic carbocycles. The van der Waals surface area contributed by atoms with Gasteiger partial charge in [0.25, 0.3) is 0 Å². The van der Waals surface area contributed by atoms with Crippen LogP contribution in [0.1, 0.15) is 35.9 Å². The molecule has 0 aromatic carbocycles. The van der Waals surface area contributed by atoms with E-state index in [1.165, 1.54) is 29.0 Å². The summed E-state index contributed by atoms with van der Waals surface area (Å²) in [5, 5.41) is 5.76. The Bertz CT molecular complexity index is 576. The molecule has 0 amide bonds. The molecule has 2 aromatic heterocycles. The van der Waals surface area contributed by atoms with Crippen molar-refractivity contribution in [2.75, 3.05) is 11.4 Å². The molecule has 2 aromatic rings. The van der Waals surface area contributed by atoms with Gasteiger partial charge in [-0.25, -0.2) is 0 Å². The van der Waals surface area contributed by atoms with Gasteiger partial charge >= 0.3 is 0 Å². The lowest BCUT2D eigenvalue weighted by Gasteiger charge is -2.25. The van der Waals surface area contributed by atoms with Gasteiger partial charge in [0.1, 0.15) is 0 Å². The average Bonchev–Trinajstić information content (AvgIpc) is 3.18. The van der Waals surface area contributed by atoms with Crippen LogP contribution >= 0.6 is 11.3 Å². The molecule has 0 saturated heterocycles. The summed E-state index contributed by atoms with van der Waals surface area (Å²) in [4.78, 5) is 8.35. The summed E-state index contributed by atoms with van der Waals surface area (Å²) in [5.74, 6) is 0. The van der Waals surface area contributed by atoms with E-state index in [0.717, 1.165) is 31.4 Å². The number of aryl methyl sites for hydroxylation is 1. The molecule has 0 atom stereocenters. The Balaban J connectivity index is 1.80. The number of aromatic nitrogens is 1. The lowest BCUT2D eigenvalue weighted by Crippen LogP contribution is -2.25. The number of rotatable bonds is 7. The minimum atomic E-state index is 0.728. The predicted molar refractivity (Wildman–Crippen MR) is 89.9 cm³/mol. The molecule has 0 spiro atoms. The first kappa shape index (κ1) is 14.5. The van der Waals surface area contributed by atoms with E-state index in [-0.39, 0.29) is 0 Å². The fraction of sp³-hybridized carbons (Fsp3) is 0.471. The lowest BCUT2D eigenvalue weighted by atomic mass is 10.1. The highest BCUT2D eigenvalue weighted by molar-refractivity contribution is 7.09. The standard InChI is InChI=1S/C17H23N3S/c1-3-20(12-16-5-4-8-21-16)17-9-13(2)18-10-14(17)11-19-15-6-7-15/h4-5,8-10,15,19H,3,6-7,11-12H2,1-2H3. The van der Waals surface area contributed by atoms with Crippen LogP contribution in [0.3, 0.4) is 0 Å². The minimum absolute atomic E-state index is 0.728. The second kappa shape index (κ2) is 6.58. The van der Waals surface area contributed by atoms with Crippen molar-refractivity contribution >= 4 is 17.0 Å². The van der Waals surface area contributed by atoms with Gasteiger partial charge in [-0.05, 0) is 44.2 Å². The largest absolute Gasteiger partial charge is 0.366 e. The maximum Gasteiger partial charge on any atom is 0.0522 e. The zero-order chi connectivity index (χ0) is 14.7. The molecule has 1 aliphatic rings. The number of hydrogen-bond donors (Lipinski definition) is 1. The molecule has 1 fully saturated rings. The van der Waals surface area contributed by atoms with Crippen molar-refractivity contribution in [2.24, 2.45) is 0 Å². The maximum absolute atomic E-state index is 4.49. The van der Waals surface area contributed by atoms with Gasteiger partial charge in [0.2, 0.25) is 0 Å². The van der Waals surface area contributed by atoms with Gasteiger partial charge in [-0.1, -0.05) is 6.07 Å². The summed E-state index contributed by atoms with van der Waals surface area (Å²) in [6.07, 6.45) is 4.68. The van der Waals surface area contributed by atoms with Gasteiger partial charge in [0, 0.05) is 47.2 Å². The summed E-state index contributed by atoms with van der Waals surface area (Å²) in [6.45, 7) is 7.21. The third kappa shape index (κ3) is 3.83. The van der Waals surface area contributed by atoms with Crippen molar-refractivity contribution in [3.05, 3.63) is 45.9 Å². The average molecular weight is 301 g/mol. The van der Waals surface area contributed by atoms with Gasteiger partial charge < -0.3 is 10.2 Å². The topological polar surface area (TPSA) is 28.2 Å². The zero-order valence-corrected chi connectivity index (χ0v) is 13.6. The van der Waals surface area contributed by atoms with Gasteiger partial charge in [-0.15, -0.1) is 11.3 Å². The fourth-order valence-corrected chi connectivity index (χ4v) is 3.22. The molecule has 4 heteroatoms. The van der Waals surface area contributed by atoms with Crippen LogP contribution in [0.4, 0.5) is 5.69 Å². The van der Waals surface area contributed by atoms with Crippen LogP contribution in [0, 0.1) is 6.92 Å². The van der Waals surface area contributed by atoms with Crippen molar-refractivity contribution in [2.45, 2.75) is 45.8 Å². The molecule has 0 unspecified atom stereocenters. The molecule has 1 N–H and O–H groups in total. The van der Waals surface area contributed by atoms with E-state index in [1.54, 1.807) is 0 Å². The van der Waals surface area contributed by atoms with E-state index < -0.39 is 0 Å². The Labute approximate surface area is 131 Å². The SMILES string of the molecule is CCN(Cc1cccs1)c1cc(C)ncc1CNC1CC1. The molecular formula is C17H23N3S. The highest BCUT2D eigenvalue weighted by atomic mass is 32.1. The number of thiophene rings is 1. The summed E-state index contributed by atoms with van der Waals surface area (Å²) >= 11 is 1.83. The third-order valence-electron chi connectivity index (χ3n) is 3.91. The van der Waals surface area contributed by atoms with Crippen molar-refractivity contribution in [1.29, 1.82) is 0 Å². The molecule has 2 heterocycles. The molecule has 21 heavy (non-hydrogen) atoms. The zero-order valence-electron chi connectivity index (χ0n) is 12.8. The van der Waals surface area contributed by atoms with Gasteiger partial charge in [0.15, 0.2) is 0 Å². The van der Waals surface area contributed by atoms with E-state index in [4.69, 9.17) is 0 Å². The monoisotopic (exact) mass is 301 g/mol. The van der Waals surface area contributed by atoms with Crippen LogP contribution in [-0.4, -0.2) is 17.6 Å². The quantitative estimate of drug-likeness (QED) is 0.844. The molecular weight excluding hydrogens is 278 g/mol. The highest BCUT2D eigenvalue weighted by Gasteiger charge is 2.21. The van der Waals surface area contributed by atoms with Crippen molar-refractivity contribution in [1.82, 2.24) is 10.3 Å². The number of nitrogens with one attached hydrogen (secondary N) is 1. The van der Waals surface area contributed by atoms with Crippen LogP contribution < -0.4 is 10.2 Å². The van der Waals surface area contributed by atoms with E-state index in [0.29, 0.717) is 0 Å². The first-order valence-electron chi connectivity index (χ1n) is 7.72. The highest BCUT2D eigenvalue weighted by Crippen LogP contribution is 2.26. The van der Waals surface area contributed by atoms with Crippen LogP contribution in [0.25, 0.3) is 0 Å². The second-order valence-corrected chi connectivity index (χ2v) is 6.74. The Morgan fingerprint density at radius 2 is 2.29 bits per heavy atom. The first-order chi connectivity index (χ1) is 10.3. The minimum Gasteiger partial charge on any atom is -0.366 e. The summed E-state index contributed by atoms with van der Waals surface area (Å²) in [5.41, 5.74) is 3.72. The van der Waals surface area contributed by atoms with Crippen LogP contribution in [0.2, 0.25) is 0 Å². The van der Waals surface area contributed by atoms with E-state index in [2.05, 4.69) is 52.6 Å². The van der Waals surface area contributed by atoms with Crippen LogP contribution in [0.15, 0.2) is 29.8 Å². The Morgan fingerprint density at radius 1 is 1.43 bits per heavy atom. The molecule has 112 valence electrons. The second-order valence-electron chi connectivity index (χ2n) is 5.70. The Morgan fingerprint density at radius 3 is 2.95 bits per heavy atom. The van der Waals surface area contributed by atoms with Crippen LogP contribution in [0.5, 0.6) is 0 Å². The van der Waals surface area contributed by atoms with E-state index >= 15 is 0 Å². The normalized spacial score (nSPS) is 14.4. The fourth-order valence-electron chi connectivity index (χ4n) is 2.50. The predicted octanol–water partition coefficient (Wildman–Crippen LogP) is 3.73. The molecule has 0 aliphatic heterocycles. The van der Waals surface area contributed by atoms with Crippen molar-refractivity contribution < 1.29 is 0 Å². The lowest BCUT2D eigenvalue weighted by molar-refractivity contribution is 0.681. The summed E-state index contributed by atoms with van der Waals surface area (Å²) in [6, 6.07) is 7.29. The number of nitrogens with zero attached hydrogens (tertiary/aromatic N) is 2. The Kier molecular flexibility index (Phi) is 4.56. The van der Waals surface area contributed by atoms with Gasteiger partial charge in [0.05, 0.1) is 6.54 Å². The first-order valence-corrected chi connectivity index (χ1v) is 8.60. The third-order valence-corrected chi connectivity index (χ3v) is 4.77. The van der Waals surface area contributed by atoms with E-state index in [1.807, 2.05) is 17.5 Å². The molecule has 3 rings (SSSR count). The number of anilines is 1. The maximum atomic E-state index is 4.49. The van der Waals surface area contributed by atoms with Crippen molar-refractivity contribution in [3.63, 3.8) is 0 Å². The summed E-state index contributed by atoms with van der Waals surface area (Å²) < 4.78 is 0. The van der Waals surface area contributed by atoms with Crippen molar-refractivity contribution in [3.8, 4) is 0 Å². The summed E-state index contributed by atoms with van der Waals surface area (Å²) in [7, 11) is 0. The van der Waals surface area contributed by atoms with E-state index in [9.17, 15) is 0 Å². The molecule has 0 radical (unpaired) electrons. The Hall–Kier alpha value is -1.39. The van der Waals surface area contributed by atoms with Crippen LogP contribution in [-0.2, 0) is 13.1 Å².